The molecule has 1 heterocycles. The summed E-state index contributed by atoms with van der Waals surface area (Å²) in [5.41, 5.74) is 1.82. The van der Waals surface area contributed by atoms with Crippen molar-refractivity contribution < 1.29 is 14.7 Å². The van der Waals surface area contributed by atoms with E-state index in [2.05, 4.69) is 5.32 Å². The summed E-state index contributed by atoms with van der Waals surface area (Å²) >= 11 is 1.80. The van der Waals surface area contributed by atoms with Gasteiger partial charge in [-0.3, -0.25) is 4.79 Å². The number of rotatable bonds is 3. The molecule has 96 valence electrons. The van der Waals surface area contributed by atoms with Gasteiger partial charge in [-0.1, -0.05) is 12.1 Å². The van der Waals surface area contributed by atoms with Crippen molar-refractivity contribution in [3.05, 3.63) is 29.3 Å². The Morgan fingerprint density at radius 2 is 2.22 bits per heavy atom. The molecule has 18 heavy (non-hydrogen) atoms. The summed E-state index contributed by atoms with van der Waals surface area (Å²) in [6.45, 7) is 1.32. The zero-order chi connectivity index (χ0) is 13.1. The number of benzene rings is 1. The van der Waals surface area contributed by atoms with E-state index >= 15 is 0 Å². The number of nitrogens with one attached hydrogen (secondary N) is 1. The molecule has 2 rings (SSSR count). The van der Waals surface area contributed by atoms with Crippen LogP contribution in [-0.2, 0) is 16.0 Å². The topological polar surface area (TPSA) is 66.4 Å². The predicted molar refractivity (Wildman–Crippen MR) is 69.7 cm³/mol. The molecule has 1 amide bonds. The first-order valence-corrected chi connectivity index (χ1v) is 6.82. The van der Waals surface area contributed by atoms with Crippen molar-refractivity contribution in [3.63, 3.8) is 0 Å². The quantitative estimate of drug-likeness (QED) is 0.877. The van der Waals surface area contributed by atoms with E-state index in [1.807, 2.05) is 12.1 Å². The molecule has 1 aliphatic heterocycles. The lowest BCUT2D eigenvalue weighted by molar-refractivity contribution is -0.141. The molecule has 0 aromatic heterocycles. The maximum Gasteiger partial charge on any atom is 0.330 e. The Balaban J connectivity index is 2.30. The molecule has 1 aromatic rings. The molecule has 5 heteroatoms. The summed E-state index contributed by atoms with van der Waals surface area (Å²) in [5.74, 6) is -0.261. The first-order valence-electron chi connectivity index (χ1n) is 5.83. The number of hydrogen-bond acceptors (Lipinski definition) is 3. The van der Waals surface area contributed by atoms with Crippen molar-refractivity contribution in [3.8, 4) is 0 Å². The third-order valence-corrected chi connectivity index (χ3v) is 4.06. The lowest BCUT2D eigenvalue weighted by Gasteiger charge is -2.19. The molecule has 0 fully saturated rings. The Bertz CT molecular complexity index is 487. The fourth-order valence-corrected chi connectivity index (χ4v) is 3.07. The van der Waals surface area contributed by atoms with Crippen LogP contribution in [0.25, 0.3) is 0 Å². The van der Waals surface area contributed by atoms with E-state index in [0.717, 1.165) is 18.6 Å². The number of carbonyl (C=O) groups excluding carboxylic acids is 1. The molecule has 0 saturated carbocycles. The van der Waals surface area contributed by atoms with Crippen molar-refractivity contribution in [2.75, 3.05) is 5.75 Å². The summed E-state index contributed by atoms with van der Waals surface area (Å²) in [6.07, 6.45) is 2.08. The van der Waals surface area contributed by atoms with Gasteiger partial charge >= 0.3 is 5.97 Å². The van der Waals surface area contributed by atoms with Gasteiger partial charge in [0.25, 0.3) is 0 Å². The lowest BCUT2D eigenvalue weighted by Crippen LogP contribution is -2.32. The number of aliphatic carboxylic acids is 1. The number of hydrogen-bond donors (Lipinski definition) is 2. The summed E-state index contributed by atoms with van der Waals surface area (Å²) in [4.78, 5) is 23.4. The highest BCUT2D eigenvalue weighted by Crippen LogP contribution is 2.31. The molecule has 1 aliphatic rings. The zero-order valence-electron chi connectivity index (χ0n) is 10.1. The van der Waals surface area contributed by atoms with Gasteiger partial charge in [-0.25, -0.2) is 4.79 Å². The fraction of sp³-hybridized carbons (Fsp3) is 0.385. The molecule has 0 aliphatic carbocycles. The average Bonchev–Trinajstić information content (AvgIpc) is 2.35. The Hall–Kier alpha value is -1.49. The Morgan fingerprint density at radius 1 is 1.44 bits per heavy atom. The van der Waals surface area contributed by atoms with Crippen LogP contribution in [0.15, 0.2) is 23.1 Å². The second kappa shape index (κ2) is 5.44. The van der Waals surface area contributed by atoms with Crippen molar-refractivity contribution in [1.82, 2.24) is 5.32 Å². The van der Waals surface area contributed by atoms with Gasteiger partial charge in [0.05, 0.1) is 0 Å². The van der Waals surface area contributed by atoms with Crippen molar-refractivity contribution in [2.24, 2.45) is 0 Å². The molecule has 4 nitrogen and oxygen atoms in total. The van der Waals surface area contributed by atoms with Crippen molar-refractivity contribution >= 4 is 23.6 Å². The van der Waals surface area contributed by atoms with Gasteiger partial charge in [-0.2, -0.15) is 0 Å². The normalized spacial score (nSPS) is 15.6. The third-order valence-electron chi connectivity index (χ3n) is 2.86. The van der Waals surface area contributed by atoms with Crippen LogP contribution in [0, 0.1) is 0 Å². The van der Waals surface area contributed by atoms with E-state index in [1.165, 1.54) is 17.4 Å². The Labute approximate surface area is 110 Å². The lowest BCUT2D eigenvalue weighted by atomic mass is 10.0. The number of thioether (sulfide) groups is 1. The highest BCUT2D eigenvalue weighted by atomic mass is 32.2. The molecule has 0 saturated heterocycles. The third kappa shape index (κ3) is 2.85. The van der Waals surface area contributed by atoms with Crippen LogP contribution in [-0.4, -0.2) is 22.7 Å². The van der Waals surface area contributed by atoms with Crippen LogP contribution >= 0.6 is 11.8 Å². The summed E-state index contributed by atoms with van der Waals surface area (Å²) in [7, 11) is 0. The van der Waals surface area contributed by atoms with Gasteiger partial charge in [0.2, 0.25) is 5.91 Å². The first kappa shape index (κ1) is 13.0. The SMILES string of the molecule is CC(=O)NC(C(=O)O)c1ccc2c(c1)CCCS2. The van der Waals surface area contributed by atoms with Crippen LogP contribution < -0.4 is 5.32 Å². The van der Waals surface area contributed by atoms with E-state index in [1.54, 1.807) is 17.8 Å². The second-order valence-corrected chi connectivity index (χ2v) is 5.43. The van der Waals surface area contributed by atoms with Gasteiger partial charge in [0.1, 0.15) is 0 Å². The second-order valence-electron chi connectivity index (χ2n) is 4.29. The number of carboxylic acid groups (broad SMARTS) is 1. The van der Waals surface area contributed by atoms with Crippen LogP contribution in [0.4, 0.5) is 0 Å². The number of fused-ring (bicyclic) bond motifs is 1. The molecule has 0 bridgehead atoms. The van der Waals surface area contributed by atoms with Gasteiger partial charge in [0, 0.05) is 11.8 Å². The molecule has 2 N–H and O–H groups in total. The summed E-state index contributed by atoms with van der Waals surface area (Å²) in [5, 5.41) is 11.6. The minimum Gasteiger partial charge on any atom is -0.479 e. The van der Waals surface area contributed by atoms with E-state index in [-0.39, 0.29) is 5.91 Å². The maximum absolute atomic E-state index is 11.2. The highest BCUT2D eigenvalue weighted by molar-refractivity contribution is 7.99. The maximum atomic E-state index is 11.2. The molecule has 0 radical (unpaired) electrons. The van der Waals surface area contributed by atoms with Crippen LogP contribution in [0.2, 0.25) is 0 Å². The number of aryl methyl sites for hydroxylation is 1. The van der Waals surface area contributed by atoms with Gasteiger partial charge in [0.15, 0.2) is 6.04 Å². The molecule has 1 unspecified atom stereocenters. The van der Waals surface area contributed by atoms with Gasteiger partial charge in [-0.05, 0) is 35.8 Å². The number of amides is 1. The first-order chi connectivity index (χ1) is 8.58. The van der Waals surface area contributed by atoms with Gasteiger partial charge < -0.3 is 10.4 Å². The number of carboxylic acids is 1. The minimum absolute atomic E-state index is 0.338. The Kier molecular flexibility index (Phi) is 3.91. The largest absolute Gasteiger partial charge is 0.479 e. The minimum atomic E-state index is -1.03. The van der Waals surface area contributed by atoms with E-state index in [9.17, 15) is 9.59 Å². The van der Waals surface area contributed by atoms with E-state index < -0.39 is 12.0 Å². The highest BCUT2D eigenvalue weighted by Gasteiger charge is 2.22. The molecule has 1 aromatic carbocycles. The Morgan fingerprint density at radius 3 is 2.89 bits per heavy atom. The van der Waals surface area contributed by atoms with E-state index in [0.29, 0.717) is 5.56 Å². The average molecular weight is 265 g/mol. The molecule has 1 atom stereocenters. The molecule has 0 spiro atoms. The van der Waals surface area contributed by atoms with Gasteiger partial charge in [-0.15, -0.1) is 11.8 Å². The molecular weight excluding hydrogens is 250 g/mol. The fourth-order valence-electron chi connectivity index (χ4n) is 2.05. The van der Waals surface area contributed by atoms with E-state index in [4.69, 9.17) is 5.11 Å². The zero-order valence-corrected chi connectivity index (χ0v) is 10.9. The number of carbonyl (C=O) groups is 2. The van der Waals surface area contributed by atoms with Crippen LogP contribution in [0.1, 0.15) is 30.5 Å². The standard InChI is InChI=1S/C13H15NO3S/c1-8(15)14-12(13(16)17)10-4-5-11-9(7-10)3-2-6-18-11/h4-5,7,12H,2-3,6H2,1H3,(H,14,15)(H,16,17). The summed E-state index contributed by atoms with van der Waals surface area (Å²) in [6, 6.07) is 4.67. The monoisotopic (exact) mass is 265 g/mol. The van der Waals surface area contributed by atoms with Crippen molar-refractivity contribution in [2.45, 2.75) is 30.7 Å². The van der Waals surface area contributed by atoms with Crippen molar-refractivity contribution in [1.29, 1.82) is 0 Å². The molecular formula is C13H15NO3S. The van der Waals surface area contributed by atoms with Crippen LogP contribution in [0.5, 0.6) is 0 Å². The summed E-state index contributed by atoms with van der Waals surface area (Å²) < 4.78 is 0. The van der Waals surface area contributed by atoms with Crippen LogP contribution in [0.3, 0.4) is 0 Å². The smallest absolute Gasteiger partial charge is 0.330 e. The predicted octanol–water partition coefficient (Wildman–Crippen LogP) is 1.99.